The van der Waals surface area contributed by atoms with Crippen LogP contribution >= 0.6 is 15.9 Å². The Morgan fingerprint density at radius 2 is 2.19 bits per heavy atom. The molecule has 6 nitrogen and oxygen atoms in total. The number of ether oxygens (including phenoxy) is 1. The third kappa shape index (κ3) is 4.24. The van der Waals surface area contributed by atoms with Crippen molar-refractivity contribution in [2.45, 2.75) is 19.4 Å². The molecule has 0 fully saturated rings. The maximum Gasteiger partial charge on any atom is 0.191 e. The van der Waals surface area contributed by atoms with E-state index in [1.165, 1.54) is 11.1 Å². The maximum absolute atomic E-state index is 5.56. The number of halogens is 1. The van der Waals surface area contributed by atoms with Crippen LogP contribution in [-0.4, -0.2) is 35.5 Å². The lowest BCUT2D eigenvalue weighted by Gasteiger charge is -2.11. The summed E-state index contributed by atoms with van der Waals surface area (Å²) in [5.74, 6) is 1.81. The number of aliphatic imine (C=N–C) groups is 1. The first kappa shape index (κ1) is 17.9. The number of fused-ring (bicyclic) bond motifs is 2. The first-order valence-electron chi connectivity index (χ1n) is 9.03. The molecule has 3 aromatic rings. The minimum atomic E-state index is 0.620. The number of aromatic nitrogens is 2. The summed E-state index contributed by atoms with van der Waals surface area (Å²) >= 11 is 3.48. The topological polar surface area (TPSA) is 63.0 Å². The summed E-state index contributed by atoms with van der Waals surface area (Å²) in [5, 5.41) is 6.68. The number of pyridine rings is 1. The quantitative estimate of drug-likeness (QED) is 0.485. The summed E-state index contributed by atoms with van der Waals surface area (Å²) < 4.78 is 8.60. The summed E-state index contributed by atoms with van der Waals surface area (Å²) in [7, 11) is 1.78. The predicted molar refractivity (Wildman–Crippen MR) is 110 cm³/mol. The molecule has 0 saturated heterocycles. The van der Waals surface area contributed by atoms with Gasteiger partial charge in [-0.3, -0.25) is 4.99 Å². The van der Waals surface area contributed by atoms with Gasteiger partial charge in [0.05, 0.1) is 18.8 Å². The van der Waals surface area contributed by atoms with Crippen molar-refractivity contribution in [1.82, 2.24) is 20.0 Å². The zero-order chi connectivity index (χ0) is 18.6. The molecule has 2 N–H and O–H groups in total. The van der Waals surface area contributed by atoms with Gasteiger partial charge >= 0.3 is 0 Å². The van der Waals surface area contributed by atoms with Crippen molar-refractivity contribution < 1.29 is 4.74 Å². The van der Waals surface area contributed by atoms with Crippen LogP contribution in [0.3, 0.4) is 0 Å². The summed E-state index contributed by atoms with van der Waals surface area (Å²) in [6.07, 6.45) is 5.97. The van der Waals surface area contributed by atoms with E-state index >= 15 is 0 Å². The Hall–Kier alpha value is -2.54. The third-order valence-electron chi connectivity index (χ3n) is 4.59. The van der Waals surface area contributed by atoms with Gasteiger partial charge in [-0.15, -0.1) is 0 Å². The van der Waals surface area contributed by atoms with Crippen molar-refractivity contribution in [1.29, 1.82) is 0 Å². The highest BCUT2D eigenvalue weighted by atomic mass is 79.9. The average Bonchev–Trinajstić information content (AvgIpc) is 3.29. The fourth-order valence-corrected chi connectivity index (χ4v) is 3.57. The van der Waals surface area contributed by atoms with Gasteiger partial charge in [-0.2, -0.15) is 0 Å². The van der Waals surface area contributed by atoms with Crippen LogP contribution in [-0.2, 0) is 19.4 Å². The zero-order valence-electron chi connectivity index (χ0n) is 15.2. The van der Waals surface area contributed by atoms with E-state index in [1.807, 2.05) is 28.9 Å². The van der Waals surface area contributed by atoms with Crippen LogP contribution in [0.5, 0.6) is 5.75 Å². The van der Waals surface area contributed by atoms with Crippen molar-refractivity contribution in [3.63, 3.8) is 0 Å². The molecule has 1 aromatic carbocycles. The molecule has 4 rings (SSSR count). The Kier molecular flexibility index (Phi) is 5.29. The van der Waals surface area contributed by atoms with E-state index in [4.69, 9.17) is 4.74 Å². The number of benzene rings is 1. The van der Waals surface area contributed by atoms with Crippen molar-refractivity contribution >= 4 is 27.5 Å². The van der Waals surface area contributed by atoms with E-state index in [-0.39, 0.29) is 0 Å². The molecule has 3 heterocycles. The Labute approximate surface area is 166 Å². The molecular formula is C20H22BrN5O. The predicted octanol–water partition coefficient (Wildman–Crippen LogP) is 2.94. The first-order valence-corrected chi connectivity index (χ1v) is 9.83. The van der Waals surface area contributed by atoms with Gasteiger partial charge in [0.15, 0.2) is 5.96 Å². The molecule has 2 aromatic heterocycles. The molecule has 0 bridgehead atoms. The largest absolute Gasteiger partial charge is 0.493 e. The fraction of sp³-hybridized carbons (Fsp3) is 0.300. The van der Waals surface area contributed by atoms with Crippen LogP contribution in [0, 0.1) is 0 Å². The van der Waals surface area contributed by atoms with Crippen molar-refractivity contribution in [3.8, 4) is 5.75 Å². The van der Waals surface area contributed by atoms with Crippen LogP contribution in [0.2, 0.25) is 0 Å². The molecule has 0 spiro atoms. The zero-order valence-corrected chi connectivity index (χ0v) is 16.8. The number of imidazole rings is 1. The van der Waals surface area contributed by atoms with Gasteiger partial charge in [0.2, 0.25) is 0 Å². The number of hydrogen-bond acceptors (Lipinski definition) is 3. The van der Waals surface area contributed by atoms with Crippen LogP contribution in [0.1, 0.15) is 16.8 Å². The van der Waals surface area contributed by atoms with E-state index < -0.39 is 0 Å². The number of guanidine groups is 1. The van der Waals surface area contributed by atoms with Gasteiger partial charge in [-0.05, 0) is 51.7 Å². The van der Waals surface area contributed by atoms with E-state index in [9.17, 15) is 0 Å². The van der Waals surface area contributed by atoms with Crippen LogP contribution in [0.4, 0.5) is 0 Å². The molecule has 27 heavy (non-hydrogen) atoms. The normalized spacial score (nSPS) is 13.5. The Morgan fingerprint density at radius 1 is 1.26 bits per heavy atom. The molecule has 1 aliphatic heterocycles. The van der Waals surface area contributed by atoms with Gasteiger partial charge < -0.3 is 19.8 Å². The minimum Gasteiger partial charge on any atom is -0.493 e. The summed E-state index contributed by atoms with van der Waals surface area (Å²) in [6, 6.07) is 10.4. The lowest BCUT2D eigenvalue weighted by atomic mass is 10.1. The van der Waals surface area contributed by atoms with E-state index in [2.05, 4.69) is 54.7 Å². The second kappa shape index (κ2) is 8.00. The van der Waals surface area contributed by atoms with Gasteiger partial charge in [0.1, 0.15) is 11.4 Å². The highest BCUT2D eigenvalue weighted by molar-refractivity contribution is 9.10. The SMILES string of the molecule is CN=C(NCCc1ccc2c(c1)CCO2)NCc1cn2cc(Br)ccc2n1. The number of rotatable bonds is 5. The number of nitrogens with one attached hydrogen (secondary N) is 2. The molecule has 1 aliphatic rings. The van der Waals surface area contributed by atoms with Gasteiger partial charge in [0.25, 0.3) is 0 Å². The van der Waals surface area contributed by atoms with Gasteiger partial charge in [-0.1, -0.05) is 12.1 Å². The molecule has 0 saturated carbocycles. The highest BCUT2D eigenvalue weighted by Crippen LogP contribution is 2.25. The van der Waals surface area contributed by atoms with Gasteiger partial charge in [0, 0.05) is 36.9 Å². The molecule has 0 aliphatic carbocycles. The second-order valence-electron chi connectivity index (χ2n) is 6.49. The Morgan fingerprint density at radius 3 is 3.07 bits per heavy atom. The molecule has 140 valence electrons. The Balaban J connectivity index is 1.29. The summed E-state index contributed by atoms with van der Waals surface area (Å²) in [5.41, 5.74) is 4.52. The van der Waals surface area contributed by atoms with Crippen molar-refractivity contribution in [2.75, 3.05) is 20.2 Å². The number of nitrogens with zero attached hydrogens (tertiary/aromatic N) is 3. The van der Waals surface area contributed by atoms with Crippen LogP contribution in [0.15, 0.2) is 52.2 Å². The lowest BCUT2D eigenvalue weighted by molar-refractivity contribution is 0.357. The molecule has 7 heteroatoms. The Bertz CT molecular complexity index is 982. The molecule has 0 radical (unpaired) electrons. The maximum atomic E-state index is 5.56. The molecule has 0 atom stereocenters. The van der Waals surface area contributed by atoms with Gasteiger partial charge in [-0.25, -0.2) is 4.98 Å². The fourth-order valence-electron chi connectivity index (χ4n) is 3.22. The summed E-state index contributed by atoms with van der Waals surface area (Å²) in [6.45, 7) is 2.24. The van der Waals surface area contributed by atoms with Crippen LogP contribution in [0.25, 0.3) is 5.65 Å². The standard InChI is InChI=1S/C20H22BrN5O/c1-22-20(23-8-6-14-2-4-18-15(10-14)7-9-27-18)24-11-17-13-26-12-16(21)3-5-19(26)25-17/h2-5,10,12-13H,6-9,11H2,1H3,(H2,22,23,24). The number of hydrogen-bond donors (Lipinski definition) is 2. The van der Waals surface area contributed by atoms with Crippen molar-refractivity contribution in [2.24, 2.45) is 4.99 Å². The molecule has 0 unspecified atom stereocenters. The van der Waals surface area contributed by atoms with Crippen LogP contribution < -0.4 is 15.4 Å². The van der Waals surface area contributed by atoms with E-state index in [0.29, 0.717) is 6.54 Å². The first-order chi connectivity index (χ1) is 13.2. The lowest BCUT2D eigenvalue weighted by Crippen LogP contribution is -2.37. The third-order valence-corrected chi connectivity index (χ3v) is 5.05. The van der Waals surface area contributed by atoms with E-state index in [1.54, 1.807) is 7.05 Å². The monoisotopic (exact) mass is 427 g/mol. The minimum absolute atomic E-state index is 0.620. The van der Waals surface area contributed by atoms with E-state index in [0.717, 1.165) is 53.5 Å². The average molecular weight is 428 g/mol. The smallest absolute Gasteiger partial charge is 0.191 e. The summed E-state index contributed by atoms with van der Waals surface area (Å²) in [4.78, 5) is 8.90. The van der Waals surface area contributed by atoms with Crippen molar-refractivity contribution in [3.05, 3.63) is 64.0 Å². The molecular weight excluding hydrogens is 406 g/mol. The molecule has 0 amide bonds. The highest BCUT2D eigenvalue weighted by Gasteiger charge is 2.11. The second-order valence-corrected chi connectivity index (χ2v) is 7.40.